The number of hydrogen-bond donors (Lipinski definition) is 1. The van der Waals surface area contributed by atoms with Crippen molar-refractivity contribution in [2.45, 2.75) is 52.4 Å². The van der Waals surface area contributed by atoms with Crippen LogP contribution >= 0.6 is 0 Å². The molecule has 5 nitrogen and oxygen atoms in total. The highest BCUT2D eigenvalue weighted by molar-refractivity contribution is 5.90. The zero-order chi connectivity index (χ0) is 18.7. The maximum atomic E-state index is 12.1. The molecule has 0 aliphatic rings. The van der Waals surface area contributed by atoms with Crippen molar-refractivity contribution in [3.8, 4) is 5.75 Å². The molecule has 0 unspecified atom stereocenters. The molecule has 0 saturated carbocycles. The number of hydrogen-bond acceptors (Lipinski definition) is 4. The van der Waals surface area contributed by atoms with Gasteiger partial charge in [-0.25, -0.2) is 9.97 Å². The summed E-state index contributed by atoms with van der Waals surface area (Å²) in [6.45, 7) is 12.9. The number of benzene rings is 1. The second-order valence-electron chi connectivity index (χ2n) is 8.12. The molecule has 1 amide bonds. The van der Waals surface area contributed by atoms with Crippen molar-refractivity contribution >= 4 is 11.9 Å². The van der Waals surface area contributed by atoms with Gasteiger partial charge < -0.3 is 4.74 Å². The molecule has 134 valence electrons. The van der Waals surface area contributed by atoms with Crippen LogP contribution in [-0.4, -0.2) is 22.5 Å². The smallest absolute Gasteiger partial charge is 0.264 e. The van der Waals surface area contributed by atoms with Crippen LogP contribution in [0, 0.1) is 0 Å². The molecule has 1 aromatic heterocycles. The van der Waals surface area contributed by atoms with Crippen molar-refractivity contribution in [3.05, 3.63) is 47.8 Å². The Morgan fingerprint density at radius 1 is 1.04 bits per heavy atom. The van der Waals surface area contributed by atoms with Crippen LogP contribution in [0.2, 0.25) is 0 Å². The van der Waals surface area contributed by atoms with E-state index in [1.165, 1.54) is 5.56 Å². The summed E-state index contributed by atoms with van der Waals surface area (Å²) in [5.41, 5.74) is 2.30. The first-order valence-corrected chi connectivity index (χ1v) is 8.42. The lowest BCUT2D eigenvalue weighted by Crippen LogP contribution is -2.23. The number of aromatic nitrogens is 2. The maximum Gasteiger partial charge on any atom is 0.264 e. The van der Waals surface area contributed by atoms with Gasteiger partial charge in [-0.1, -0.05) is 53.7 Å². The Bertz CT molecular complexity index is 729. The van der Waals surface area contributed by atoms with Gasteiger partial charge in [0.1, 0.15) is 5.75 Å². The van der Waals surface area contributed by atoms with Gasteiger partial charge in [0.15, 0.2) is 6.61 Å². The quantitative estimate of drug-likeness (QED) is 0.910. The van der Waals surface area contributed by atoms with E-state index >= 15 is 0 Å². The topological polar surface area (TPSA) is 64.1 Å². The van der Waals surface area contributed by atoms with E-state index in [2.05, 4.69) is 69.0 Å². The highest BCUT2D eigenvalue weighted by atomic mass is 16.5. The van der Waals surface area contributed by atoms with Crippen molar-refractivity contribution in [3.63, 3.8) is 0 Å². The molecular weight excluding hydrogens is 314 g/mol. The average molecular weight is 341 g/mol. The SMILES string of the molecule is CC(C)(C)c1ccc(OCC(=O)Nc2ncccn2)c(C(C)(C)C)c1. The third-order valence-corrected chi connectivity index (χ3v) is 3.83. The third-order valence-electron chi connectivity index (χ3n) is 3.83. The van der Waals surface area contributed by atoms with Crippen molar-refractivity contribution in [1.29, 1.82) is 0 Å². The fourth-order valence-electron chi connectivity index (χ4n) is 2.38. The summed E-state index contributed by atoms with van der Waals surface area (Å²) in [4.78, 5) is 20.0. The van der Waals surface area contributed by atoms with Gasteiger partial charge in [0.2, 0.25) is 5.95 Å². The standard InChI is InChI=1S/C20H27N3O2/c1-19(2,3)14-8-9-16(15(12-14)20(4,5)6)25-13-17(24)23-18-21-10-7-11-22-18/h7-12H,13H2,1-6H3,(H,21,22,23,24). The number of rotatable bonds is 4. The van der Waals surface area contributed by atoms with E-state index < -0.39 is 0 Å². The van der Waals surface area contributed by atoms with Crippen LogP contribution in [0.4, 0.5) is 5.95 Å². The Hall–Kier alpha value is -2.43. The minimum atomic E-state index is -0.286. The normalized spacial score (nSPS) is 11.9. The molecule has 0 saturated heterocycles. The average Bonchev–Trinajstić information content (AvgIpc) is 2.52. The van der Waals surface area contributed by atoms with Gasteiger partial charge in [0.25, 0.3) is 5.91 Å². The van der Waals surface area contributed by atoms with Crippen molar-refractivity contribution in [2.24, 2.45) is 0 Å². The second-order valence-corrected chi connectivity index (χ2v) is 8.12. The first-order chi connectivity index (χ1) is 11.6. The van der Waals surface area contributed by atoms with E-state index in [1.807, 2.05) is 6.07 Å². The summed E-state index contributed by atoms with van der Waals surface area (Å²) in [6.07, 6.45) is 3.15. The van der Waals surface area contributed by atoms with Gasteiger partial charge in [-0.05, 0) is 34.1 Å². The summed E-state index contributed by atoms with van der Waals surface area (Å²) >= 11 is 0. The molecule has 0 fully saturated rings. The maximum absolute atomic E-state index is 12.1. The van der Waals surface area contributed by atoms with Crippen LogP contribution in [0.25, 0.3) is 0 Å². The van der Waals surface area contributed by atoms with Crippen LogP contribution in [-0.2, 0) is 15.6 Å². The van der Waals surface area contributed by atoms with E-state index in [0.29, 0.717) is 0 Å². The van der Waals surface area contributed by atoms with Gasteiger partial charge >= 0.3 is 0 Å². The molecule has 5 heteroatoms. The van der Waals surface area contributed by atoms with E-state index in [9.17, 15) is 4.79 Å². The third kappa shape index (κ3) is 5.28. The number of nitrogens with one attached hydrogen (secondary N) is 1. The minimum absolute atomic E-state index is 0.0561. The summed E-state index contributed by atoms with van der Waals surface area (Å²) in [5, 5.41) is 2.62. The number of carbonyl (C=O) groups is 1. The first-order valence-electron chi connectivity index (χ1n) is 8.42. The van der Waals surface area contributed by atoms with Gasteiger partial charge in [-0.3, -0.25) is 10.1 Å². The van der Waals surface area contributed by atoms with Crippen molar-refractivity contribution < 1.29 is 9.53 Å². The Morgan fingerprint density at radius 2 is 1.68 bits per heavy atom. The molecule has 0 aliphatic carbocycles. The predicted octanol–water partition coefficient (Wildman–Crippen LogP) is 4.09. The lowest BCUT2D eigenvalue weighted by atomic mass is 9.80. The molecule has 1 heterocycles. The van der Waals surface area contributed by atoms with Crippen LogP contribution in [0.5, 0.6) is 5.75 Å². The number of anilines is 1. The number of nitrogens with zero attached hydrogens (tertiary/aromatic N) is 2. The van der Waals surface area contributed by atoms with Gasteiger partial charge in [-0.2, -0.15) is 0 Å². The second kappa shape index (κ2) is 7.21. The number of ether oxygens (including phenoxy) is 1. The van der Waals surface area contributed by atoms with Gasteiger partial charge in [0.05, 0.1) is 0 Å². The molecule has 2 aromatic rings. The lowest BCUT2D eigenvalue weighted by Gasteiger charge is -2.27. The fourth-order valence-corrected chi connectivity index (χ4v) is 2.38. The Labute approximate surface area is 149 Å². The zero-order valence-electron chi connectivity index (χ0n) is 15.9. The number of carbonyl (C=O) groups excluding carboxylic acids is 1. The Kier molecular flexibility index (Phi) is 5.45. The molecule has 25 heavy (non-hydrogen) atoms. The Balaban J connectivity index is 2.14. The molecule has 0 bridgehead atoms. The molecule has 0 atom stereocenters. The fraction of sp³-hybridized carbons (Fsp3) is 0.450. The van der Waals surface area contributed by atoms with E-state index in [1.54, 1.807) is 18.5 Å². The van der Waals surface area contributed by atoms with Crippen LogP contribution in [0.15, 0.2) is 36.7 Å². The summed E-state index contributed by atoms with van der Waals surface area (Å²) in [5.74, 6) is 0.714. The summed E-state index contributed by atoms with van der Waals surface area (Å²) < 4.78 is 5.80. The highest BCUT2D eigenvalue weighted by Crippen LogP contribution is 2.35. The minimum Gasteiger partial charge on any atom is -0.483 e. The van der Waals surface area contributed by atoms with E-state index in [-0.39, 0.29) is 29.3 Å². The zero-order valence-corrected chi connectivity index (χ0v) is 15.9. The van der Waals surface area contributed by atoms with Gasteiger partial charge in [0, 0.05) is 12.4 Å². The van der Waals surface area contributed by atoms with Crippen molar-refractivity contribution in [1.82, 2.24) is 9.97 Å². The predicted molar refractivity (Wildman–Crippen MR) is 100.0 cm³/mol. The van der Waals surface area contributed by atoms with E-state index in [0.717, 1.165) is 11.3 Å². The molecule has 2 rings (SSSR count). The Morgan fingerprint density at radius 3 is 2.24 bits per heavy atom. The monoisotopic (exact) mass is 341 g/mol. The molecule has 0 spiro atoms. The van der Waals surface area contributed by atoms with Gasteiger partial charge in [-0.15, -0.1) is 0 Å². The van der Waals surface area contributed by atoms with Crippen LogP contribution in [0.3, 0.4) is 0 Å². The molecule has 0 radical (unpaired) electrons. The van der Waals surface area contributed by atoms with Crippen LogP contribution in [0.1, 0.15) is 52.7 Å². The summed E-state index contributed by atoms with van der Waals surface area (Å²) in [6, 6.07) is 7.88. The molecule has 1 N–H and O–H groups in total. The number of amides is 1. The van der Waals surface area contributed by atoms with Crippen molar-refractivity contribution in [2.75, 3.05) is 11.9 Å². The largest absolute Gasteiger partial charge is 0.483 e. The lowest BCUT2D eigenvalue weighted by molar-refractivity contribution is -0.118. The summed E-state index contributed by atoms with van der Waals surface area (Å²) in [7, 11) is 0. The van der Waals surface area contributed by atoms with E-state index in [4.69, 9.17) is 4.74 Å². The van der Waals surface area contributed by atoms with Crippen LogP contribution < -0.4 is 10.1 Å². The molecule has 0 aliphatic heterocycles. The molecular formula is C20H27N3O2. The first kappa shape index (κ1) is 18.9. The molecule has 1 aromatic carbocycles. The highest BCUT2D eigenvalue weighted by Gasteiger charge is 2.23.